The second kappa shape index (κ2) is 5.94. The number of para-hydroxylation sites is 1. The number of phenols is 1. The van der Waals surface area contributed by atoms with Crippen LogP contribution in [0.5, 0.6) is 5.75 Å². The van der Waals surface area contributed by atoms with E-state index in [0.717, 1.165) is 23.6 Å². The van der Waals surface area contributed by atoms with Gasteiger partial charge in [-0.25, -0.2) is 0 Å². The molecule has 0 aliphatic heterocycles. The largest absolute Gasteiger partial charge is 0.507 e. The quantitative estimate of drug-likeness (QED) is 0.631. The van der Waals surface area contributed by atoms with Gasteiger partial charge in [0.15, 0.2) is 0 Å². The molecule has 3 aromatic rings. The SMILES string of the molecule is O=C(NNC(=O)c1ccc2c3c(cccc13)CC2)c1ccccc1O. The number of carbonyl (C=O) groups excluding carboxylic acids is 2. The number of hydrazine groups is 1. The summed E-state index contributed by atoms with van der Waals surface area (Å²) in [4.78, 5) is 24.6. The van der Waals surface area contributed by atoms with Gasteiger partial charge in [-0.05, 0) is 52.9 Å². The molecule has 0 heterocycles. The van der Waals surface area contributed by atoms with Crippen molar-refractivity contribution in [2.45, 2.75) is 12.8 Å². The van der Waals surface area contributed by atoms with Crippen LogP contribution in [0.1, 0.15) is 31.8 Å². The number of benzene rings is 3. The monoisotopic (exact) mass is 332 g/mol. The van der Waals surface area contributed by atoms with Crippen LogP contribution in [0.25, 0.3) is 10.8 Å². The fraction of sp³-hybridized carbons (Fsp3) is 0.100. The van der Waals surface area contributed by atoms with Crippen LogP contribution in [0.4, 0.5) is 0 Å². The van der Waals surface area contributed by atoms with E-state index in [2.05, 4.69) is 16.9 Å². The fourth-order valence-corrected chi connectivity index (χ4v) is 3.36. The van der Waals surface area contributed by atoms with E-state index >= 15 is 0 Å². The number of hydrogen-bond donors (Lipinski definition) is 3. The molecule has 2 amide bonds. The number of carbonyl (C=O) groups is 2. The molecule has 0 aromatic heterocycles. The number of hydrogen-bond acceptors (Lipinski definition) is 3. The predicted octanol–water partition coefficient (Wildman–Crippen LogP) is 2.72. The average Bonchev–Trinajstić information content (AvgIpc) is 3.05. The second-order valence-corrected chi connectivity index (χ2v) is 6.04. The van der Waals surface area contributed by atoms with Gasteiger partial charge in [0.2, 0.25) is 0 Å². The number of aryl methyl sites for hydroxylation is 2. The van der Waals surface area contributed by atoms with Gasteiger partial charge in [0, 0.05) is 5.56 Å². The van der Waals surface area contributed by atoms with E-state index in [1.54, 1.807) is 18.2 Å². The lowest BCUT2D eigenvalue weighted by atomic mass is 10.00. The molecule has 0 saturated carbocycles. The minimum atomic E-state index is -0.572. The molecule has 5 nitrogen and oxygen atoms in total. The molecule has 3 aromatic carbocycles. The van der Waals surface area contributed by atoms with Crippen molar-refractivity contribution < 1.29 is 14.7 Å². The van der Waals surface area contributed by atoms with Crippen molar-refractivity contribution in [3.05, 3.63) is 76.9 Å². The molecular weight excluding hydrogens is 316 g/mol. The number of phenolic OH excluding ortho intramolecular Hbond substituents is 1. The first-order valence-electron chi connectivity index (χ1n) is 8.07. The molecule has 5 heteroatoms. The third-order valence-electron chi connectivity index (χ3n) is 4.56. The first kappa shape index (κ1) is 15.2. The highest BCUT2D eigenvalue weighted by atomic mass is 16.3. The Bertz CT molecular complexity index is 1000. The van der Waals surface area contributed by atoms with E-state index in [1.807, 2.05) is 18.2 Å². The van der Waals surface area contributed by atoms with E-state index in [-0.39, 0.29) is 17.2 Å². The lowest BCUT2D eigenvalue weighted by Gasteiger charge is -2.11. The molecule has 1 aliphatic carbocycles. The number of nitrogens with one attached hydrogen (secondary N) is 2. The van der Waals surface area contributed by atoms with Gasteiger partial charge in [-0.2, -0.15) is 0 Å². The van der Waals surface area contributed by atoms with Gasteiger partial charge < -0.3 is 5.11 Å². The summed E-state index contributed by atoms with van der Waals surface area (Å²) in [6.45, 7) is 0. The maximum absolute atomic E-state index is 12.5. The molecular formula is C20H16N2O3. The molecule has 4 rings (SSSR count). The summed E-state index contributed by atoms with van der Waals surface area (Å²) in [6, 6.07) is 15.9. The first-order chi connectivity index (χ1) is 12.1. The van der Waals surface area contributed by atoms with Gasteiger partial charge in [-0.1, -0.05) is 36.4 Å². The molecule has 1 aliphatic rings. The van der Waals surface area contributed by atoms with Gasteiger partial charge in [-0.15, -0.1) is 0 Å². The Hall–Kier alpha value is -3.34. The molecule has 0 unspecified atom stereocenters. The molecule has 0 saturated heterocycles. The smallest absolute Gasteiger partial charge is 0.273 e. The molecule has 0 atom stereocenters. The van der Waals surface area contributed by atoms with E-state index in [4.69, 9.17) is 0 Å². The maximum Gasteiger partial charge on any atom is 0.273 e. The number of rotatable bonds is 2. The van der Waals surface area contributed by atoms with Crippen LogP contribution in [0.3, 0.4) is 0 Å². The topological polar surface area (TPSA) is 78.4 Å². The minimum absolute atomic E-state index is 0.100. The maximum atomic E-state index is 12.5. The summed E-state index contributed by atoms with van der Waals surface area (Å²) in [5.74, 6) is -1.10. The summed E-state index contributed by atoms with van der Waals surface area (Å²) in [5, 5.41) is 11.7. The Kier molecular flexibility index (Phi) is 3.61. The van der Waals surface area contributed by atoms with Crippen molar-refractivity contribution in [1.82, 2.24) is 10.9 Å². The molecule has 3 N–H and O–H groups in total. The molecule has 0 spiro atoms. The second-order valence-electron chi connectivity index (χ2n) is 6.04. The van der Waals surface area contributed by atoms with Crippen LogP contribution in [0, 0.1) is 0 Å². The van der Waals surface area contributed by atoms with Crippen molar-refractivity contribution >= 4 is 22.6 Å². The molecule has 0 fully saturated rings. The van der Waals surface area contributed by atoms with E-state index < -0.39 is 5.91 Å². The van der Waals surface area contributed by atoms with Crippen LogP contribution in [-0.4, -0.2) is 16.9 Å². The van der Waals surface area contributed by atoms with Gasteiger partial charge in [0.1, 0.15) is 5.75 Å². The van der Waals surface area contributed by atoms with Crippen molar-refractivity contribution in [3.63, 3.8) is 0 Å². The Morgan fingerprint density at radius 2 is 1.44 bits per heavy atom. The summed E-state index contributed by atoms with van der Waals surface area (Å²) < 4.78 is 0. The van der Waals surface area contributed by atoms with Crippen molar-refractivity contribution in [2.75, 3.05) is 0 Å². The average molecular weight is 332 g/mol. The third kappa shape index (κ3) is 2.59. The summed E-state index contributed by atoms with van der Waals surface area (Å²) >= 11 is 0. The molecule has 0 radical (unpaired) electrons. The minimum Gasteiger partial charge on any atom is -0.507 e. The Labute approximate surface area is 144 Å². The summed E-state index contributed by atoms with van der Waals surface area (Å²) in [6.07, 6.45) is 1.98. The van der Waals surface area contributed by atoms with E-state index in [0.29, 0.717) is 5.56 Å². The number of aromatic hydroxyl groups is 1. The van der Waals surface area contributed by atoms with Crippen LogP contribution < -0.4 is 10.9 Å². The highest BCUT2D eigenvalue weighted by Gasteiger charge is 2.19. The highest BCUT2D eigenvalue weighted by Crippen LogP contribution is 2.32. The summed E-state index contributed by atoms with van der Waals surface area (Å²) in [5.41, 5.74) is 7.89. The van der Waals surface area contributed by atoms with Crippen LogP contribution in [0.15, 0.2) is 54.6 Å². The zero-order valence-corrected chi connectivity index (χ0v) is 13.4. The highest BCUT2D eigenvalue weighted by molar-refractivity contribution is 6.10. The zero-order valence-electron chi connectivity index (χ0n) is 13.4. The first-order valence-corrected chi connectivity index (χ1v) is 8.07. The van der Waals surface area contributed by atoms with Crippen molar-refractivity contribution in [2.24, 2.45) is 0 Å². The lowest BCUT2D eigenvalue weighted by molar-refractivity contribution is 0.0846. The summed E-state index contributed by atoms with van der Waals surface area (Å²) in [7, 11) is 0. The van der Waals surface area contributed by atoms with Crippen molar-refractivity contribution in [3.8, 4) is 5.75 Å². The lowest BCUT2D eigenvalue weighted by Crippen LogP contribution is -2.41. The number of amides is 2. The van der Waals surface area contributed by atoms with Crippen molar-refractivity contribution in [1.29, 1.82) is 0 Å². The van der Waals surface area contributed by atoms with E-state index in [1.165, 1.54) is 23.3 Å². The van der Waals surface area contributed by atoms with Gasteiger partial charge in [0.05, 0.1) is 5.56 Å². The molecule has 124 valence electrons. The molecule has 25 heavy (non-hydrogen) atoms. The van der Waals surface area contributed by atoms with E-state index in [9.17, 15) is 14.7 Å². The standard InChI is InChI=1S/C20H16N2O3/c23-17-7-2-1-5-16(17)20(25)22-21-19(24)15-11-10-13-9-8-12-4-3-6-14(15)18(12)13/h1-7,10-11,23H,8-9H2,(H,21,24)(H,22,25). The fourth-order valence-electron chi connectivity index (χ4n) is 3.36. The molecule has 0 bridgehead atoms. The van der Waals surface area contributed by atoms with Gasteiger partial charge >= 0.3 is 0 Å². The Balaban J connectivity index is 1.58. The van der Waals surface area contributed by atoms with Gasteiger partial charge in [0.25, 0.3) is 11.8 Å². The van der Waals surface area contributed by atoms with Crippen LogP contribution in [0.2, 0.25) is 0 Å². The third-order valence-corrected chi connectivity index (χ3v) is 4.56. The van der Waals surface area contributed by atoms with Crippen LogP contribution >= 0.6 is 0 Å². The normalized spacial score (nSPS) is 12.2. The zero-order chi connectivity index (χ0) is 17.4. The van der Waals surface area contributed by atoms with Crippen LogP contribution in [-0.2, 0) is 12.8 Å². The predicted molar refractivity (Wildman–Crippen MR) is 94.4 cm³/mol. The van der Waals surface area contributed by atoms with Gasteiger partial charge in [-0.3, -0.25) is 20.4 Å². The Morgan fingerprint density at radius 1 is 0.760 bits per heavy atom. The Morgan fingerprint density at radius 3 is 2.20 bits per heavy atom.